The summed E-state index contributed by atoms with van der Waals surface area (Å²) in [7, 11) is 0. The van der Waals surface area contributed by atoms with Crippen molar-refractivity contribution in [2.45, 2.75) is 39.6 Å². The lowest BCUT2D eigenvalue weighted by Crippen LogP contribution is -2.27. The highest BCUT2D eigenvalue weighted by molar-refractivity contribution is 5.97. The molecule has 150 valence electrons. The van der Waals surface area contributed by atoms with Crippen molar-refractivity contribution in [3.05, 3.63) is 52.8 Å². The van der Waals surface area contributed by atoms with E-state index in [4.69, 9.17) is 0 Å². The molecule has 1 aromatic heterocycles. The van der Waals surface area contributed by atoms with Crippen LogP contribution in [0.4, 0.5) is 13.2 Å². The first-order valence-corrected chi connectivity index (χ1v) is 8.31. The topological polar surface area (TPSA) is 88.5 Å². The molecule has 6 nitrogen and oxygen atoms in total. The lowest BCUT2D eigenvalue weighted by atomic mass is 10.0. The van der Waals surface area contributed by atoms with E-state index in [1.165, 1.54) is 6.92 Å². The Morgan fingerprint density at radius 1 is 1.25 bits per heavy atom. The number of amides is 1. The molecule has 2 aromatic rings. The predicted octanol–water partition coefficient (Wildman–Crippen LogP) is 3.62. The molecule has 2 rings (SSSR count). The summed E-state index contributed by atoms with van der Waals surface area (Å²) in [5, 5.41) is 12.5. The summed E-state index contributed by atoms with van der Waals surface area (Å²) in [6.07, 6.45) is -4.74. The van der Waals surface area contributed by atoms with Gasteiger partial charge in [-0.1, -0.05) is 0 Å². The number of hydrogen-bond acceptors (Lipinski definition) is 5. The molecule has 1 aromatic carbocycles. The number of rotatable bonds is 6. The summed E-state index contributed by atoms with van der Waals surface area (Å²) in [4.78, 5) is 28.0. The zero-order chi connectivity index (χ0) is 21.1. The number of carbonyl (C=O) groups is 2. The van der Waals surface area contributed by atoms with Gasteiger partial charge in [-0.2, -0.15) is 0 Å². The molecule has 0 saturated carbocycles. The Morgan fingerprint density at radius 2 is 1.93 bits per heavy atom. The van der Waals surface area contributed by atoms with Crippen molar-refractivity contribution in [3.8, 4) is 11.5 Å². The molecule has 0 saturated heterocycles. The fourth-order valence-electron chi connectivity index (χ4n) is 2.62. The van der Waals surface area contributed by atoms with E-state index in [0.717, 1.165) is 12.1 Å². The number of halogens is 3. The molecule has 0 aliphatic heterocycles. The SMILES string of the molecule is CC(=O)Cc1cc(C(C)NC(=O)c2ccc(OC(F)(F)F)cc2O)cc(C)n1. The maximum Gasteiger partial charge on any atom is 0.573 e. The lowest BCUT2D eigenvalue weighted by Gasteiger charge is -2.17. The van der Waals surface area contributed by atoms with Crippen LogP contribution in [0.25, 0.3) is 0 Å². The zero-order valence-corrected chi connectivity index (χ0v) is 15.4. The molecule has 0 spiro atoms. The van der Waals surface area contributed by atoms with Crippen molar-refractivity contribution in [3.63, 3.8) is 0 Å². The molecule has 2 N–H and O–H groups in total. The van der Waals surface area contributed by atoms with Crippen LogP contribution >= 0.6 is 0 Å². The predicted molar refractivity (Wildman–Crippen MR) is 94.0 cm³/mol. The molecule has 9 heteroatoms. The van der Waals surface area contributed by atoms with E-state index in [9.17, 15) is 27.9 Å². The van der Waals surface area contributed by atoms with E-state index in [2.05, 4.69) is 15.0 Å². The van der Waals surface area contributed by atoms with E-state index in [-0.39, 0.29) is 17.8 Å². The number of aromatic nitrogens is 1. The maximum atomic E-state index is 12.4. The standard InChI is InChI=1S/C19H19F3N2O4/c1-10-6-13(8-14(23-10)7-11(2)25)12(3)24-18(27)16-5-4-15(9-17(16)26)28-19(20,21)22/h4-6,8-9,12,26H,7H2,1-3H3,(H,24,27). The largest absolute Gasteiger partial charge is 0.573 e. The van der Waals surface area contributed by atoms with Gasteiger partial charge in [0.2, 0.25) is 0 Å². The molecule has 0 bridgehead atoms. The number of pyridine rings is 1. The van der Waals surface area contributed by atoms with E-state index in [1.807, 2.05) is 0 Å². The van der Waals surface area contributed by atoms with Crippen LogP contribution in [-0.2, 0) is 11.2 Å². The van der Waals surface area contributed by atoms with Crippen LogP contribution in [0.3, 0.4) is 0 Å². The first kappa shape index (κ1) is 21.2. The van der Waals surface area contributed by atoms with Crippen LogP contribution in [-0.4, -0.2) is 28.1 Å². The first-order chi connectivity index (χ1) is 12.9. The molecule has 0 radical (unpaired) electrons. The molecular formula is C19H19F3N2O4. The molecular weight excluding hydrogens is 377 g/mol. The fourth-order valence-corrected chi connectivity index (χ4v) is 2.62. The highest BCUT2D eigenvalue weighted by Crippen LogP contribution is 2.28. The molecule has 1 atom stereocenters. The van der Waals surface area contributed by atoms with Crippen LogP contribution in [0.5, 0.6) is 11.5 Å². The van der Waals surface area contributed by atoms with E-state index < -0.39 is 29.8 Å². The van der Waals surface area contributed by atoms with Gasteiger partial charge in [0, 0.05) is 23.9 Å². The quantitative estimate of drug-likeness (QED) is 0.779. The van der Waals surface area contributed by atoms with Crippen LogP contribution in [0.2, 0.25) is 0 Å². The Kier molecular flexibility index (Phi) is 6.27. The molecule has 0 aliphatic rings. The second-order valence-electron chi connectivity index (χ2n) is 6.33. The van der Waals surface area contributed by atoms with Gasteiger partial charge in [0.05, 0.1) is 11.6 Å². The van der Waals surface area contributed by atoms with Crippen molar-refractivity contribution in [2.24, 2.45) is 0 Å². The highest BCUT2D eigenvalue weighted by atomic mass is 19.4. The number of benzene rings is 1. The van der Waals surface area contributed by atoms with E-state index in [1.54, 1.807) is 26.0 Å². The third kappa shape index (κ3) is 5.97. The zero-order valence-electron chi connectivity index (χ0n) is 15.4. The Bertz CT molecular complexity index is 897. The maximum absolute atomic E-state index is 12.4. The van der Waals surface area contributed by atoms with Crippen LogP contribution < -0.4 is 10.1 Å². The monoisotopic (exact) mass is 396 g/mol. The number of aromatic hydroxyl groups is 1. The van der Waals surface area contributed by atoms with Gasteiger partial charge in [-0.25, -0.2) is 0 Å². The lowest BCUT2D eigenvalue weighted by molar-refractivity contribution is -0.274. The normalized spacial score (nSPS) is 12.4. The third-order valence-electron chi connectivity index (χ3n) is 3.75. The molecule has 1 unspecified atom stereocenters. The van der Waals surface area contributed by atoms with Gasteiger partial charge in [-0.15, -0.1) is 13.2 Å². The number of ketones is 1. The van der Waals surface area contributed by atoms with Crippen molar-refractivity contribution in [2.75, 3.05) is 0 Å². The number of ether oxygens (including phenoxy) is 1. The average molecular weight is 396 g/mol. The van der Waals surface area contributed by atoms with E-state index in [0.29, 0.717) is 23.0 Å². The van der Waals surface area contributed by atoms with Crippen molar-refractivity contribution >= 4 is 11.7 Å². The van der Waals surface area contributed by atoms with E-state index >= 15 is 0 Å². The Balaban J connectivity index is 2.16. The molecule has 0 aliphatic carbocycles. The van der Waals surface area contributed by atoms with Crippen molar-refractivity contribution in [1.29, 1.82) is 0 Å². The number of nitrogens with zero attached hydrogens (tertiary/aromatic N) is 1. The number of phenols is 1. The van der Waals surface area contributed by atoms with Gasteiger partial charge in [-0.3, -0.25) is 14.6 Å². The summed E-state index contributed by atoms with van der Waals surface area (Å²) < 4.78 is 40.4. The number of nitrogens with one attached hydrogen (secondary N) is 1. The minimum atomic E-state index is -4.90. The number of aryl methyl sites for hydroxylation is 1. The van der Waals surface area contributed by atoms with Gasteiger partial charge < -0.3 is 15.2 Å². The van der Waals surface area contributed by atoms with Gasteiger partial charge >= 0.3 is 6.36 Å². The van der Waals surface area contributed by atoms with Gasteiger partial charge in [0.1, 0.15) is 17.3 Å². The van der Waals surface area contributed by atoms with Crippen LogP contribution in [0.15, 0.2) is 30.3 Å². The van der Waals surface area contributed by atoms with Crippen LogP contribution in [0.1, 0.15) is 47.2 Å². The van der Waals surface area contributed by atoms with Crippen molar-refractivity contribution < 1.29 is 32.6 Å². The minimum absolute atomic E-state index is 0.0492. The molecule has 28 heavy (non-hydrogen) atoms. The first-order valence-electron chi connectivity index (χ1n) is 8.31. The minimum Gasteiger partial charge on any atom is -0.507 e. The summed E-state index contributed by atoms with van der Waals surface area (Å²) in [5.41, 5.74) is 1.75. The third-order valence-corrected chi connectivity index (χ3v) is 3.75. The fraction of sp³-hybridized carbons (Fsp3) is 0.316. The summed E-state index contributed by atoms with van der Waals surface area (Å²) in [6.45, 7) is 4.90. The molecule has 0 fully saturated rings. The number of carbonyl (C=O) groups excluding carboxylic acids is 2. The number of alkyl halides is 3. The molecule has 1 amide bonds. The second-order valence-corrected chi connectivity index (χ2v) is 6.33. The van der Waals surface area contributed by atoms with Gasteiger partial charge in [0.25, 0.3) is 5.91 Å². The summed E-state index contributed by atoms with van der Waals surface area (Å²) in [5.74, 6) is -2.00. The smallest absolute Gasteiger partial charge is 0.507 e. The Hall–Kier alpha value is -3.10. The molecule has 1 heterocycles. The van der Waals surface area contributed by atoms with Crippen LogP contribution in [0, 0.1) is 6.92 Å². The summed E-state index contributed by atoms with van der Waals surface area (Å²) in [6, 6.07) is 5.64. The van der Waals surface area contributed by atoms with Crippen molar-refractivity contribution in [1.82, 2.24) is 10.3 Å². The number of Topliss-reactive ketones (excluding diaryl/α,β-unsaturated/α-hetero) is 1. The average Bonchev–Trinajstić information content (AvgIpc) is 2.51. The number of phenolic OH excluding ortho intramolecular Hbond substituents is 1. The Labute approximate surface area is 159 Å². The summed E-state index contributed by atoms with van der Waals surface area (Å²) >= 11 is 0. The van der Waals surface area contributed by atoms with Gasteiger partial charge in [-0.05, 0) is 50.6 Å². The highest BCUT2D eigenvalue weighted by Gasteiger charge is 2.31. The second kappa shape index (κ2) is 8.28. The number of hydrogen-bond donors (Lipinski definition) is 2. The Morgan fingerprint density at radius 3 is 2.50 bits per heavy atom. The van der Waals surface area contributed by atoms with Gasteiger partial charge in [0.15, 0.2) is 0 Å².